The summed E-state index contributed by atoms with van der Waals surface area (Å²) in [6, 6.07) is 16.9. The van der Waals surface area contributed by atoms with Crippen molar-refractivity contribution >= 4 is 9.84 Å². The number of hydrogen-bond acceptors (Lipinski definition) is 4. The number of likely N-dealkylation sites (N-methyl/N-ethyl adjacent to an activating group) is 1. The molecule has 0 radical (unpaired) electrons. The highest BCUT2D eigenvalue weighted by Crippen LogP contribution is 2.33. The minimum absolute atomic E-state index is 0.213. The molecule has 0 saturated carbocycles. The largest absolute Gasteiger partial charge is 0.495 e. The predicted octanol–water partition coefficient (Wildman–Crippen LogP) is 4.29. The zero-order valence-electron chi connectivity index (χ0n) is 17.8. The Morgan fingerprint density at radius 2 is 1.45 bits per heavy atom. The van der Waals surface area contributed by atoms with Gasteiger partial charge in [-0.3, -0.25) is 0 Å². The smallest absolute Gasteiger partial charge is 0.210 e. The van der Waals surface area contributed by atoms with E-state index in [0.717, 1.165) is 48.2 Å². The van der Waals surface area contributed by atoms with E-state index in [4.69, 9.17) is 4.74 Å². The van der Waals surface area contributed by atoms with Gasteiger partial charge in [-0.2, -0.15) is 0 Å². The van der Waals surface area contributed by atoms with Crippen LogP contribution in [0.15, 0.2) is 70.5 Å². The van der Waals surface area contributed by atoms with Gasteiger partial charge in [-0.05, 0) is 85.0 Å². The second kappa shape index (κ2) is 8.81. The van der Waals surface area contributed by atoms with Gasteiger partial charge in [-0.15, -0.1) is 0 Å². The number of ether oxygens (including phenoxy) is 1. The molecule has 1 aliphatic rings. The minimum Gasteiger partial charge on any atom is -0.495 e. The zero-order valence-corrected chi connectivity index (χ0v) is 18.6. The number of nitrogens with zero attached hydrogens (tertiary/aromatic N) is 1. The molecule has 0 aromatic heterocycles. The number of sulfone groups is 1. The molecule has 0 N–H and O–H groups in total. The molecule has 4 rings (SSSR count). The molecular formula is C25H26FNO3S. The number of methoxy groups -OCH3 is 1. The van der Waals surface area contributed by atoms with Gasteiger partial charge in [0.05, 0.1) is 12.0 Å². The van der Waals surface area contributed by atoms with E-state index in [1.165, 1.54) is 19.2 Å². The predicted molar refractivity (Wildman–Crippen MR) is 119 cm³/mol. The van der Waals surface area contributed by atoms with E-state index >= 15 is 0 Å². The molecule has 0 saturated heterocycles. The van der Waals surface area contributed by atoms with Gasteiger partial charge in [-0.1, -0.05) is 24.3 Å². The van der Waals surface area contributed by atoms with E-state index in [1.807, 2.05) is 6.07 Å². The number of hydrogen-bond donors (Lipinski definition) is 0. The molecule has 0 fully saturated rings. The van der Waals surface area contributed by atoms with Crippen LogP contribution in [0.1, 0.15) is 22.3 Å². The van der Waals surface area contributed by atoms with Crippen molar-refractivity contribution in [1.29, 1.82) is 0 Å². The van der Waals surface area contributed by atoms with Gasteiger partial charge < -0.3 is 9.64 Å². The summed E-state index contributed by atoms with van der Waals surface area (Å²) in [6.07, 6.45) is 2.30. The lowest BCUT2D eigenvalue weighted by atomic mass is 10.0. The maximum atomic E-state index is 13.4. The van der Waals surface area contributed by atoms with Gasteiger partial charge in [0.25, 0.3) is 0 Å². The fourth-order valence-electron chi connectivity index (χ4n) is 3.96. The first-order valence-corrected chi connectivity index (χ1v) is 11.8. The lowest BCUT2D eigenvalue weighted by molar-refractivity contribution is 0.352. The van der Waals surface area contributed by atoms with Gasteiger partial charge in [0.15, 0.2) is 0 Å². The quantitative estimate of drug-likeness (QED) is 0.595. The molecule has 0 bridgehead atoms. The fourth-order valence-corrected chi connectivity index (χ4v) is 5.42. The summed E-state index contributed by atoms with van der Waals surface area (Å²) in [5, 5.41) is 0. The molecule has 0 amide bonds. The highest BCUT2D eigenvalue weighted by molar-refractivity contribution is 7.91. The first-order chi connectivity index (χ1) is 14.9. The molecular weight excluding hydrogens is 413 g/mol. The third-order valence-electron chi connectivity index (χ3n) is 5.86. The maximum absolute atomic E-state index is 13.4. The number of benzene rings is 3. The number of fused-ring (bicyclic) bond motifs is 1. The van der Waals surface area contributed by atoms with Crippen LogP contribution in [0, 0.1) is 5.82 Å². The molecule has 1 heterocycles. The Morgan fingerprint density at radius 1 is 0.903 bits per heavy atom. The first-order valence-electron chi connectivity index (χ1n) is 10.3. The van der Waals surface area contributed by atoms with Crippen molar-refractivity contribution in [3.8, 4) is 5.75 Å². The lowest BCUT2D eigenvalue weighted by Crippen LogP contribution is -2.20. The minimum atomic E-state index is -3.72. The molecule has 31 heavy (non-hydrogen) atoms. The van der Waals surface area contributed by atoms with Crippen molar-refractivity contribution in [3.05, 3.63) is 88.7 Å². The Balaban J connectivity index is 1.64. The van der Waals surface area contributed by atoms with E-state index in [-0.39, 0.29) is 15.6 Å². The lowest BCUT2D eigenvalue weighted by Gasteiger charge is -2.15. The SMILES string of the molecule is COc1cc2c(cc1S(=O)(=O)c1ccc(Cc3ccc(F)cc3)cc1)CCN(C)CC2. The molecule has 6 heteroatoms. The van der Waals surface area contributed by atoms with Crippen LogP contribution in [0.3, 0.4) is 0 Å². The molecule has 4 nitrogen and oxygen atoms in total. The fraction of sp³-hybridized carbons (Fsp3) is 0.280. The van der Waals surface area contributed by atoms with Crippen molar-refractivity contribution in [1.82, 2.24) is 4.90 Å². The maximum Gasteiger partial charge on any atom is 0.210 e. The topological polar surface area (TPSA) is 46.6 Å². The highest BCUT2D eigenvalue weighted by atomic mass is 32.2. The van der Waals surface area contributed by atoms with Crippen molar-refractivity contribution in [2.45, 2.75) is 29.1 Å². The van der Waals surface area contributed by atoms with Crippen LogP contribution in [0.4, 0.5) is 4.39 Å². The van der Waals surface area contributed by atoms with Crippen molar-refractivity contribution in [2.24, 2.45) is 0 Å². The van der Waals surface area contributed by atoms with Gasteiger partial charge in [0, 0.05) is 13.1 Å². The Morgan fingerprint density at radius 3 is 2.03 bits per heavy atom. The van der Waals surface area contributed by atoms with E-state index < -0.39 is 9.84 Å². The molecule has 3 aromatic carbocycles. The molecule has 0 spiro atoms. The van der Waals surface area contributed by atoms with E-state index in [1.54, 1.807) is 42.5 Å². The highest BCUT2D eigenvalue weighted by Gasteiger charge is 2.25. The summed E-state index contributed by atoms with van der Waals surface area (Å²) in [6.45, 7) is 1.84. The number of halogens is 1. The van der Waals surface area contributed by atoms with E-state index in [9.17, 15) is 12.8 Å². The van der Waals surface area contributed by atoms with Gasteiger partial charge >= 0.3 is 0 Å². The van der Waals surface area contributed by atoms with Crippen LogP contribution >= 0.6 is 0 Å². The van der Waals surface area contributed by atoms with Crippen LogP contribution in [0.5, 0.6) is 5.75 Å². The van der Waals surface area contributed by atoms with Crippen molar-refractivity contribution in [2.75, 3.05) is 27.2 Å². The summed E-state index contributed by atoms with van der Waals surface area (Å²) in [5.41, 5.74) is 4.14. The summed E-state index contributed by atoms with van der Waals surface area (Å²) < 4.78 is 45.4. The first kappa shape index (κ1) is 21.5. The second-order valence-corrected chi connectivity index (χ2v) is 9.94. The standard InChI is InChI=1S/C25H26FNO3S/c1-27-13-11-20-16-24(30-2)25(17-21(20)12-14-27)31(28,29)23-9-5-19(6-10-23)15-18-3-7-22(26)8-4-18/h3-10,16-17H,11-15H2,1-2H3. The zero-order chi connectivity index (χ0) is 22.0. The Kier molecular flexibility index (Phi) is 6.12. The summed E-state index contributed by atoms with van der Waals surface area (Å²) in [7, 11) is -0.137. The van der Waals surface area contributed by atoms with Crippen LogP contribution in [-0.4, -0.2) is 40.6 Å². The van der Waals surface area contributed by atoms with Gasteiger partial charge in [-0.25, -0.2) is 12.8 Å². The Bertz CT molecular complexity index is 1170. The molecule has 1 aliphatic heterocycles. The van der Waals surface area contributed by atoms with Crippen LogP contribution < -0.4 is 4.74 Å². The molecule has 0 unspecified atom stereocenters. The van der Waals surface area contributed by atoms with Gasteiger partial charge in [0.1, 0.15) is 16.5 Å². The molecule has 0 atom stereocenters. The van der Waals surface area contributed by atoms with E-state index in [2.05, 4.69) is 11.9 Å². The van der Waals surface area contributed by atoms with Crippen LogP contribution in [0.2, 0.25) is 0 Å². The third kappa shape index (κ3) is 4.65. The van der Waals surface area contributed by atoms with Crippen LogP contribution in [-0.2, 0) is 29.1 Å². The Hall–Kier alpha value is -2.70. The molecule has 3 aromatic rings. The second-order valence-electron chi connectivity index (χ2n) is 8.03. The van der Waals surface area contributed by atoms with Crippen molar-refractivity contribution < 1.29 is 17.5 Å². The number of rotatable bonds is 5. The Labute approximate surface area is 183 Å². The third-order valence-corrected chi connectivity index (χ3v) is 7.65. The summed E-state index contributed by atoms with van der Waals surface area (Å²) in [5.74, 6) is 0.116. The summed E-state index contributed by atoms with van der Waals surface area (Å²) >= 11 is 0. The monoisotopic (exact) mass is 439 g/mol. The summed E-state index contributed by atoms with van der Waals surface area (Å²) in [4.78, 5) is 2.70. The average molecular weight is 440 g/mol. The molecule has 0 aliphatic carbocycles. The molecule has 162 valence electrons. The van der Waals surface area contributed by atoms with Crippen molar-refractivity contribution in [3.63, 3.8) is 0 Å². The average Bonchev–Trinajstić information content (AvgIpc) is 2.96. The van der Waals surface area contributed by atoms with Gasteiger partial charge in [0.2, 0.25) is 9.84 Å². The normalized spacial score (nSPS) is 14.7. The van der Waals surface area contributed by atoms with Crippen LogP contribution in [0.25, 0.3) is 0 Å². The van der Waals surface area contributed by atoms with E-state index in [0.29, 0.717) is 12.2 Å².